The zero-order valence-corrected chi connectivity index (χ0v) is 60.0. The Morgan fingerprint density at radius 3 is 1.37 bits per heavy atom. The summed E-state index contributed by atoms with van der Waals surface area (Å²) in [4.78, 5) is 38.6. The molecule has 3 rings (SSSR count). The van der Waals surface area contributed by atoms with Crippen LogP contribution < -0.4 is 10.6 Å². The van der Waals surface area contributed by atoms with E-state index in [-0.39, 0.29) is 12.3 Å². The van der Waals surface area contributed by atoms with Crippen LogP contribution in [0.25, 0.3) is 0 Å². The molecule has 570 valence electrons. The Morgan fingerprint density at radius 2 is 0.959 bits per heavy atom. The third-order valence-corrected chi connectivity index (χ3v) is 19.7. The summed E-state index contributed by atoms with van der Waals surface area (Å²) in [6, 6.07) is -2.61. The van der Waals surface area contributed by atoms with Gasteiger partial charge >= 0.3 is 5.97 Å². The number of aliphatic hydroxyl groups is 11. The second-order valence-corrected chi connectivity index (χ2v) is 28.2. The molecular formula is C74H138N2O21. The number of carbonyl (C=O) groups is 3. The van der Waals surface area contributed by atoms with Crippen molar-refractivity contribution in [2.45, 2.75) is 413 Å². The van der Waals surface area contributed by atoms with Crippen molar-refractivity contribution >= 4 is 17.8 Å². The summed E-state index contributed by atoms with van der Waals surface area (Å²) >= 11 is 0. The summed E-state index contributed by atoms with van der Waals surface area (Å²) in [5.41, 5.74) is 0. The first-order valence-electron chi connectivity index (χ1n) is 38.6. The van der Waals surface area contributed by atoms with E-state index in [0.29, 0.717) is 12.8 Å². The fourth-order valence-corrected chi connectivity index (χ4v) is 13.6. The van der Waals surface area contributed by atoms with Crippen LogP contribution in [-0.2, 0) is 42.8 Å². The Hall–Kier alpha value is -2.53. The van der Waals surface area contributed by atoms with Crippen molar-refractivity contribution in [2.75, 3.05) is 26.4 Å². The fourth-order valence-electron chi connectivity index (χ4n) is 13.6. The monoisotopic (exact) mass is 1390 g/mol. The maximum atomic E-state index is 13.5. The summed E-state index contributed by atoms with van der Waals surface area (Å²) in [5.74, 6) is -6.13. The van der Waals surface area contributed by atoms with Gasteiger partial charge in [0.15, 0.2) is 12.6 Å². The SMILES string of the molecule is CCCCCCCCCCCCCCCCC/C=C/C(O)C(COC1OC(CO)C(OC2OC(CO)C(O)C(OC3(C(=O)O)CC(O)C(NC(C)=O)C(C(O)C(O)CO)O3)C2O)C(O)C1O)NC(=O)CCCCCCCCCCCCCCCCCCCCCCCCCCCC. The van der Waals surface area contributed by atoms with Gasteiger partial charge in [0, 0.05) is 19.8 Å². The normalized spacial score (nSPS) is 27.4. The molecule has 0 aromatic heterocycles. The number of hydrogen-bond acceptors (Lipinski definition) is 20. The van der Waals surface area contributed by atoms with E-state index in [1.165, 1.54) is 212 Å². The van der Waals surface area contributed by atoms with Crippen LogP contribution in [0.2, 0.25) is 0 Å². The van der Waals surface area contributed by atoms with Crippen molar-refractivity contribution in [3.63, 3.8) is 0 Å². The van der Waals surface area contributed by atoms with Gasteiger partial charge in [0.05, 0.1) is 50.7 Å². The van der Waals surface area contributed by atoms with Crippen molar-refractivity contribution < 1.29 is 104 Å². The number of ether oxygens (including phenoxy) is 6. The molecule has 3 saturated heterocycles. The number of amides is 2. The van der Waals surface area contributed by atoms with E-state index in [1.54, 1.807) is 6.08 Å². The molecule has 0 bridgehead atoms. The second kappa shape index (κ2) is 54.2. The average molecular weight is 1390 g/mol. The van der Waals surface area contributed by atoms with Gasteiger partial charge in [-0.1, -0.05) is 276 Å². The lowest BCUT2D eigenvalue weighted by Crippen LogP contribution is -2.70. The Bertz CT molecular complexity index is 2000. The minimum Gasteiger partial charge on any atom is -0.477 e. The number of carboxylic acids is 1. The Kier molecular flexibility index (Phi) is 49.5. The van der Waals surface area contributed by atoms with Gasteiger partial charge in [-0.15, -0.1) is 0 Å². The molecule has 97 heavy (non-hydrogen) atoms. The highest BCUT2D eigenvalue weighted by Gasteiger charge is 2.60. The molecule has 3 fully saturated rings. The number of aliphatic carboxylic acids is 1. The quantitative estimate of drug-likeness (QED) is 0.0199. The standard InChI is InChI=1S/C74H138N2O21/c1-4-6-8-10-12-14-16-18-20-22-23-24-25-26-27-28-29-30-32-34-36-38-40-42-44-46-48-61(84)76-55(56(81)47-45-43-41-39-37-35-33-31-21-19-17-15-13-11-9-7-5-2)53-92-71-66(88)65(87)68(60(52-79)94-71)95-72-67(89)70(64(86)59(51-78)93-72)97-74(73(90)91)49-57(82)62(75-54(3)80)69(96-74)63(85)58(83)50-77/h45,47,55-60,62-72,77-79,81-83,85-89H,4-44,46,48-53H2,1-3H3,(H,75,80)(H,76,84)(H,90,91)/b47-45+. The van der Waals surface area contributed by atoms with Crippen LogP contribution in [0, 0.1) is 0 Å². The number of carboxylic acid groups (broad SMARTS) is 1. The minimum absolute atomic E-state index is 0.206. The van der Waals surface area contributed by atoms with Gasteiger partial charge in [-0.25, -0.2) is 4.79 Å². The van der Waals surface area contributed by atoms with Gasteiger partial charge < -0.3 is 100 Å². The molecule has 0 radical (unpaired) electrons. The summed E-state index contributed by atoms with van der Waals surface area (Å²) in [6.45, 7) is 2.18. The van der Waals surface area contributed by atoms with Crippen LogP contribution >= 0.6 is 0 Å². The summed E-state index contributed by atoms with van der Waals surface area (Å²) in [7, 11) is 0. The number of rotatable bonds is 60. The molecule has 18 atom stereocenters. The first kappa shape index (κ1) is 88.7. The molecule has 14 N–H and O–H groups in total. The van der Waals surface area contributed by atoms with Crippen LogP contribution in [0.1, 0.15) is 303 Å². The number of unbranched alkanes of at least 4 members (excludes halogenated alkanes) is 40. The average Bonchev–Trinajstić information content (AvgIpc) is 0.760. The van der Waals surface area contributed by atoms with Gasteiger partial charge in [-0.05, 0) is 19.3 Å². The molecule has 3 aliphatic heterocycles. The van der Waals surface area contributed by atoms with Crippen LogP contribution in [0.5, 0.6) is 0 Å². The van der Waals surface area contributed by atoms with Crippen molar-refractivity contribution in [1.82, 2.24) is 10.6 Å². The molecule has 0 saturated carbocycles. The molecule has 23 heteroatoms. The minimum atomic E-state index is -3.08. The zero-order chi connectivity index (χ0) is 71.1. The van der Waals surface area contributed by atoms with E-state index < -0.39 is 155 Å². The number of carbonyl (C=O) groups excluding carboxylic acids is 2. The number of hydrogen-bond donors (Lipinski definition) is 14. The Morgan fingerprint density at radius 1 is 0.536 bits per heavy atom. The van der Waals surface area contributed by atoms with Gasteiger partial charge in [-0.2, -0.15) is 0 Å². The third-order valence-electron chi connectivity index (χ3n) is 19.7. The molecule has 23 nitrogen and oxygen atoms in total. The van der Waals surface area contributed by atoms with Crippen molar-refractivity contribution in [3.8, 4) is 0 Å². The summed E-state index contributed by atoms with van der Waals surface area (Å²) in [6.07, 6.45) is 26.8. The Labute approximate surface area is 581 Å². The van der Waals surface area contributed by atoms with Crippen LogP contribution in [0.15, 0.2) is 12.2 Å². The molecule has 3 aliphatic rings. The molecule has 18 unspecified atom stereocenters. The Balaban J connectivity index is 1.53. The van der Waals surface area contributed by atoms with Crippen LogP contribution in [0.3, 0.4) is 0 Å². The van der Waals surface area contributed by atoms with Gasteiger partial charge in [0.25, 0.3) is 5.79 Å². The van der Waals surface area contributed by atoms with E-state index in [1.807, 2.05) is 6.08 Å². The lowest BCUT2D eigenvalue weighted by atomic mass is 9.88. The van der Waals surface area contributed by atoms with Crippen molar-refractivity contribution in [3.05, 3.63) is 12.2 Å². The topological polar surface area (TPSA) is 373 Å². The van der Waals surface area contributed by atoms with Crippen LogP contribution in [0.4, 0.5) is 0 Å². The molecule has 0 aromatic carbocycles. The van der Waals surface area contributed by atoms with E-state index in [4.69, 9.17) is 28.4 Å². The van der Waals surface area contributed by atoms with Crippen molar-refractivity contribution in [2.24, 2.45) is 0 Å². The lowest BCUT2D eigenvalue weighted by molar-refractivity contribution is -0.386. The largest absolute Gasteiger partial charge is 0.477 e. The van der Waals surface area contributed by atoms with E-state index in [9.17, 15) is 75.7 Å². The first-order valence-corrected chi connectivity index (χ1v) is 38.6. The molecule has 0 aromatic rings. The summed E-state index contributed by atoms with van der Waals surface area (Å²) < 4.78 is 34.9. The van der Waals surface area contributed by atoms with Gasteiger partial charge in [0.2, 0.25) is 11.8 Å². The number of nitrogens with one attached hydrogen (secondary N) is 2. The third kappa shape index (κ3) is 35.5. The highest BCUT2D eigenvalue weighted by molar-refractivity contribution is 5.77. The lowest BCUT2D eigenvalue weighted by Gasteiger charge is -2.50. The summed E-state index contributed by atoms with van der Waals surface area (Å²) in [5, 5.41) is 136. The maximum Gasteiger partial charge on any atom is 0.364 e. The van der Waals surface area contributed by atoms with Gasteiger partial charge in [-0.3, -0.25) is 9.59 Å². The first-order chi connectivity index (χ1) is 46.9. The highest BCUT2D eigenvalue weighted by atomic mass is 16.8. The number of allylic oxidation sites excluding steroid dienone is 1. The van der Waals surface area contributed by atoms with Crippen LogP contribution in [-0.4, -0.2) is 215 Å². The zero-order valence-electron chi connectivity index (χ0n) is 60.0. The molecule has 0 spiro atoms. The van der Waals surface area contributed by atoms with E-state index in [2.05, 4.69) is 24.5 Å². The fraction of sp³-hybridized carbons (Fsp3) is 0.932. The van der Waals surface area contributed by atoms with E-state index in [0.717, 1.165) is 51.9 Å². The molecule has 3 heterocycles. The van der Waals surface area contributed by atoms with Crippen molar-refractivity contribution in [1.29, 1.82) is 0 Å². The van der Waals surface area contributed by atoms with Gasteiger partial charge in [0.1, 0.15) is 67.1 Å². The molecule has 2 amide bonds. The van der Waals surface area contributed by atoms with E-state index >= 15 is 0 Å². The highest BCUT2D eigenvalue weighted by Crippen LogP contribution is 2.39. The maximum absolute atomic E-state index is 13.5. The smallest absolute Gasteiger partial charge is 0.364 e. The predicted octanol–water partition coefficient (Wildman–Crippen LogP) is 9.02. The molecular weight excluding hydrogens is 1250 g/mol. The second-order valence-electron chi connectivity index (χ2n) is 28.2. The molecule has 0 aliphatic carbocycles. The predicted molar refractivity (Wildman–Crippen MR) is 371 cm³/mol. The number of aliphatic hydroxyl groups excluding tert-OH is 11.